The van der Waals surface area contributed by atoms with Crippen molar-refractivity contribution in [3.05, 3.63) is 11.7 Å². The second-order valence-electron chi connectivity index (χ2n) is 5.53. The zero-order valence-electron chi connectivity index (χ0n) is 12.2. The quantitative estimate of drug-likeness (QED) is 0.856. The Hall–Kier alpha value is -0.940. The molecule has 0 amide bonds. The fourth-order valence-electron chi connectivity index (χ4n) is 2.46. The van der Waals surface area contributed by atoms with Crippen LogP contribution in [0.4, 0.5) is 0 Å². The van der Waals surface area contributed by atoms with Gasteiger partial charge in [0.15, 0.2) is 0 Å². The smallest absolute Gasteiger partial charge is 0.226 e. The summed E-state index contributed by atoms with van der Waals surface area (Å²) in [6.07, 6.45) is 5.36. The second-order valence-corrected chi connectivity index (χ2v) is 5.53. The van der Waals surface area contributed by atoms with Crippen LogP contribution in [-0.4, -0.2) is 30.3 Å². The highest BCUT2D eigenvalue weighted by molar-refractivity contribution is 4.99. The molecule has 1 unspecified atom stereocenters. The molecule has 0 bridgehead atoms. The summed E-state index contributed by atoms with van der Waals surface area (Å²) in [6.45, 7) is 6.33. The predicted molar refractivity (Wildman–Crippen MR) is 72.9 cm³/mol. The van der Waals surface area contributed by atoms with E-state index >= 15 is 0 Å². The highest BCUT2D eigenvalue weighted by Crippen LogP contribution is 2.26. The highest BCUT2D eigenvalue weighted by atomic mass is 16.5. The number of aryl methyl sites for hydroxylation is 1. The number of piperidine rings is 1. The molecule has 1 atom stereocenters. The topological polar surface area (TPSA) is 60.2 Å². The molecular formula is C14H25N3O2. The monoisotopic (exact) mass is 267 g/mol. The first-order chi connectivity index (χ1) is 9.18. The standard InChI is InChI=1S/C14H25N3O2/c1-4-14(2,18-3)13-16-12(19-17-13)6-5-11-7-9-15-10-8-11/h11,15H,4-10H2,1-3H3. The third kappa shape index (κ3) is 3.54. The van der Waals surface area contributed by atoms with Crippen LogP contribution in [0, 0.1) is 5.92 Å². The van der Waals surface area contributed by atoms with E-state index in [1.807, 2.05) is 6.92 Å². The molecule has 1 aliphatic heterocycles. The lowest BCUT2D eigenvalue weighted by Crippen LogP contribution is -2.28. The van der Waals surface area contributed by atoms with Crippen LogP contribution in [0.3, 0.4) is 0 Å². The Morgan fingerprint density at radius 3 is 2.79 bits per heavy atom. The lowest BCUT2D eigenvalue weighted by Gasteiger charge is -2.22. The van der Waals surface area contributed by atoms with E-state index in [1.165, 1.54) is 12.8 Å². The van der Waals surface area contributed by atoms with E-state index in [0.29, 0.717) is 5.82 Å². The maximum atomic E-state index is 5.49. The number of rotatable bonds is 6. The third-order valence-corrected chi connectivity index (χ3v) is 4.29. The zero-order valence-corrected chi connectivity index (χ0v) is 12.2. The van der Waals surface area contributed by atoms with Gasteiger partial charge >= 0.3 is 0 Å². The highest BCUT2D eigenvalue weighted by Gasteiger charge is 2.30. The number of aromatic nitrogens is 2. The number of methoxy groups -OCH3 is 1. The fraction of sp³-hybridized carbons (Fsp3) is 0.857. The van der Waals surface area contributed by atoms with Crippen LogP contribution in [0.2, 0.25) is 0 Å². The Bertz CT molecular complexity index is 382. The molecule has 5 nitrogen and oxygen atoms in total. The summed E-state index contributed by atoms with van der Waals surface area (Å²) in [5, 5.41) is 7.45. The minimum absolute atomic E-state index is 0.434. The van der Waals surface area contributed by atoms with Gasteiger partial charge in [0.1, 0.15) is 5.60 Å². The van der Waals surface area contributed by atoms with Gasteiger partial charge in [-0.15, -0.1) is 0 Å². The molecule has 0 spiro atoms. The molecule has 0 aliphatic carbocycles. The molecule has 0 saturated carbocycles. The van der Waals surface area contributed by atoms with Crippen molar-refractivity contribution < 1.29 is 9.26 Å². The van der Waals surface area contributed by atoms with Gasteiger partial charge in [-0.05, 0) is 51.6 Å². The van der Waals surface area contributed by atoms with Gasteiger partial charge in [-0.1, -0.05) is 12.1 Å². The van der Waals surface area contributed by atoms with Crippen molar-refractivity contribution >= 4 is 0 Å². The van der Waals surface area contributed by atoms with Crippen molar-refractivity contribution in [2.45, 2.75) is 51.6 Å². The van der Waals surface area contributed by atoms with Crippen LogP contribution in [0.15, 0.2) is 4.52 Å². The molecule has 5 heteroatoms. The number of hydrogen-bond acceptors (Lipinski definition) is 5. The van der Waals surface area contributed by atoms with Crippen molar-refractivity contribution in [1.29, 1.82) is 0 Å². The van der Waals surface area contributed by atoms with E-state index < -0.39 is 5.60 Å². The Morgan fingerprint density at radius 1 is 1.42 bits per heavy atom. The van der Waals surface area contributed by atoms with E-state index in [2.05, 4.69) is 22.4 Å². The van der Waals surface area contributed by atoms with E-state index in [-0.39, 0.29) is 0 Å². The van der Waals surface area contributed by atoms with Crippen LogP contribution in [-0.2, 0) is 16.8 Å². The molecule has 1 aromatic rings. The Balaban J connectivity index is 1.90. The molecule has 0 radical (unpaired) electrons. The molecule has 1 saturated heterocycles. The van der Waals surface area contributed by atoms with Crippen molar-refractivity contribution in [3.8, 4) is 0 Å². The average molecular weight is 267 g/mol. The second kappa shape index (κ2) is 6.48. The van der Waals surface area contributed by atoms with Crippen LogP contribution in [0.1, 0.15) is 51.2 Å². The average Bonchev–Trinajstić information content (AvgIpc) is 2.95. The summed E-state index contributed by atoms with van der Waals surface area (Å²) in [6, 6.07) is 0. The van der Waals surface area contributed by atoms with Gasteiger partial charge in [0, 0.05) is 13.5 Å². The van der Waals surface area contributed by atoms with E-state index in [0.717, 1.165) is 44.2 Å². The predicted octanol–water partition coefficient (Wildman–Crippen LogP) is 2.27. The van der Waals surface area contributed by atoms with Crippen LogP contribution < -0.4 is 5.32 Å². The van der Waals surface area contributed by atoms with Crippen LogP contribution >= 0.6 is 0 Å². The zero-order chi connectivity index (χ0) is 13.7. The van der Waals surface area contributed by atoms with Crippen LogP contribution in [0.25, 0.3) is 0 Å². The van der Waals surface area contributed by atoms with E-state index in [9.17, 15) is 0 Å². The van der Waals surface area contributed by atoms with Gasteiger partial charge in [-0.3, -0.25) is 0 Å². The SMILES string of the molecule is CCC(C)(OC)c1noc(CCC2CCNCC2)n1. The molecule has 1 fully saturated rings. The maximum absolute atomic E-state index is 5.49. The first kappa shape index (κ1) is 14.5. The van der Waals surface area contributed by atoms with Gasteiger partial charge in [-0.25, -0.2) is 0 Å². The first-order valence-corrected chi connectivity index (χ1v) is 7.27. The number of nitrogens with one attached hydrogen (secondary N) is 1. The lowest BCUT2D eigenvalue weighted by molar-refractivity contribution is -0.0106. The van der Waals surface area contributed by atoms with Gasteiger partial charge in [0.05, 0.1) is 0 Å². The number of ether oxygens (including phenoxy) is 1. The summed E-state index contributed by atoms with van der Waals surface area (Å²) in [4.78, 5) is 4.49. The lowest BCUT2D eigenvalue weighted by atomic mass is 9.93. The molecule has 2 rings (SSSR count). The molecular weight excluding hydrogens is 242 g/mol. The molecule has 0 aromatic carbocycles. The van der Waals surface area contributed by atoms with Crippen LogP contribution in [0.5, 0.6) is 0 Å². The van der Waals surface area contributed by atoms with Gasteiger partial charge in [-0.2, -0.15) is 4.98 Å². The van der Waals surface area contributed by atoms with Crippen molar-refractivity contribution in [2.24, 2.45) is 5.92 Å². The van der Waals surface area contributed by atoms with Gasteiger partial charge < -0.3 is 14.6 Å². The summed E-state index contributed by atoms with van der Waals surface area (Å²) < 4.78 is 10.8. The normalized spacial score (nSPS) is 20.4. The van der Waals surface area contributed by atoms with Gasteiger partial charge in [0.25, 0.3) is 0 Å². The molecule has 19 heavy (non-hydrogen) atoms. The third-order valence-electron chi connectivity index (χ3n) is 4.29. The summed E-state index contributed by atoms with van der Waals surface area (Å²) in [7, 11) is 1.69. The molecule has 2 heterocycles. The summed E-state index contributed by atoms with van der Waals surface area (Å²) >= 11 is 0. The maximum Gasteiger partial charge on any atom is 0.226 e. The summed E-state index contributed by atoms with van der Waals surface area (Å²) in [5.41, 5.74) is -0.434. The van der Waals surface area contributed by atoms with E-state index in [1.54, 1.807) is 7.11 Å². The summed E-state index contributed by atoms with van der Waals surface area (Å²) in [5.74, 6) is 2.19. The van der Waals surface area contributed by atoms with E-state index in [4.69, 9.17) is 9.26 Å². The number of nitrogens with zero attached hydrogens (tertiary/aromatic N) is 2. The minimum Gasteiger partial charge on any atom is -0.370 e. The Labute approximate surface area is 115 Å². The molecule has 1 aliphatic rings. The largest absolute Gasteiger partial charge is 0.370 e. The molecule has 1 aromatic heterocycles. The Morgan fingerprint density at radius 2 is 2.16 bits per heavy atom. The molecule has 108 valence electrons. The van der Waals surface area contributed by atoms with Crippen molar-refractivity contribution in [1.82, 2.24) is 15.5 Å². The van der Waals surface area contributed by atoms with Crippen molar-refractivity contribution in [2.75, 3.05) is 20.2 Å². The first-order valence-electron chi connectivity index (χ1n) is 7.27. The number of hydrogen-bond donors (Lipinski definition) is 1. The van der Waals surface area contributed by atoms with Gasteiger partial charge in [0.2, 0.25) is 11.7 Å². The molecule has 1 N–H and O–H groups in total. The Kier molecular flexibility index (Phi) is 4.93. The fourth-order valence-corrected chi connectivity index (χ4v) is 2.46. The minimum atomic E-state index is -0.434. The van der Waals surface area contributed by atoms with Crippen molar-refractivity contribution in [3.63, 3.8) is 0 Å².